The zero-order valence-electron chi connectivity index (χ0n) is 15.2. The normalized spacial score (nSPS) is 27.9. The van der Waals surface area contributed by atoms with Gasteiger partial charge < -0.3 is 10.4 Å². The highest BCUT2D eigenvalue weighted by molar-refractivity contribution is 6.22. The molecule has 2 aromatic heterocycles. The van der Waals surface area contributed by atoms with Gasteiger partial charge in [0.1, 0.15) is 6.54 Å². The van der Waals surface area contributed by atoms with Crippen LogP contribution in [-0.2, 0) is 4.79 Å². The highest BCUT2D eigenvalue weighted by atomic mass is 16.3. The van der Waals surface area contributed by atoms with Gasteiger partial charge in [-0.1, -0.05) is 6.07 Å². The number of nitrogens with one attached hydrogen (secondary N) is 1. The molecule has 2 aromatic rings. The molecule has 5 rings (SSSR count). The molecule has 7 heteroatoms. The molecule has 2 unspecified atom stereocenters. The van der Waals surface area contributed by atoms with E-state index >= 15 is 0 Å². The fourth-order valence-corrected chi connectivity index (χ4v) is 4.10. The largest absolute Gasteiger partial charge is 0.395 e. The van der Waals surface area contributed by atoms with Gasteiger partial charge >= 0.3 is 0 Å². The molecule has 27 heavy (non-hydrogen) atoms. The first-order valence-electron chi connectivity index (χ1n) is 9.35. The van der Waals surface area contributed by atoms with Gasteiger partial charge in [-0.15, -0.1) is 5.10 Å². The van der Waals surface area contributed by atoms with E-state index in [0.717, 1.165) is 34.6 Å². The summed E-state index contributed by atoms with van der Waals surface area (Å²) in [5.41, 5.74) is 3.85. The maximum absolute atomic E-state index is 12.1. The van der Waals surface area contributed by atoms with Crippen molar-refractivity contribution in [2.75, 3.05) is 26.2 Å². The summed E-state index contributed by atoms with van der Waals surface area (Å²) in [7, 11) is 0. The lowest BCUT2D eigenvalue weighted by molar-refractivity contribution is -0.111. The van der Waals surface area contributed by atoms with Crippen LogP contribution >= 0.6 is 0 Å². The third-order valence-electron chi connectivity index (χ3n) is 5.83. The summed E-state index contributed by atoms with van der Waals surface area (Å²) in [5, 5.41) is 17.1. The lowest BCUT2D eigenvalue weighted by atomic mass is 10.0. The molecule has 2 N–H and O–H groups in total. The molecule has 138 valence electrons. The zero-order valence-corrected chi connectivity index (χ0v) is 15.2. The van der Waals surface area contributed by atoms with Crippen LogP contribution in [0.15, 0.2) is 52.8 Å². The fraction of sp³-hybridized carbons (Fsp3) is 0.350. The molecule has 0 saturated carbocycles. The number of fused-ring (bicyclic) bond motifs is 2. The molecule has 2 fully saturated rings. The van der Waals surface area contributed by atoms with Crippen LogP contribution in [0.3, 0.4) is 0 Å². The Hall–Kier alpha value is -2.77. The summed E-state index contributed by atoms with van der Waals surface area (Å²) in [6.45, 7) is 4.41. The van der Waals surface area contributed by atoms with Crippen molar-refractivity contribution < 1.29 is 9.90 Å². The number of hydrogen-bond acceptors (Lipinski definition) is 5. The molecular formula is C20H22N5O2+. The standard InChI is InChI=1S/C20H21N5O2/c1-13-10-16(15(11-18(13)27)21-6-9-26)22-19-17-4-2-3-7-24(17)23-20(19)25-8-5-14(25)12-25/h2-4,7,10-11,14,26H,5-6,8-9,12H2,1H3/p+1. The van der Waals surface area contributed by atoms with Crippen molar-refractivity contribution >= 4 is 28.5 Å². The van der Waals surface area contributed by atoms with Gasteiger partial charge in [-0.2, -0.15) is 0 Å². The van der Waals surface area contributed by atoms with Crippen molar-refractivity contribution in [1.82, 2.24) is 19.4 Å². The van der Waals surface area contributed by atoms with Crippen molar-refractivity contribution in [2.45, 2.75) is 19.4 Å². The van der Waals surface area contributed by atoms with Gasteiger partial charge in [-0.05, 0) is 30.7 Å². The summed E-state index contributed by atoms with van der Waals surface area (Å²) < 4.78 is 2.82. The molecule has 0 amide bonds. The van der Waals surface area contributed by atoms with Gasteiger partial charge in [0.2, 0.25) is 0 Å². The Morgan fingerprint density at radius 1 is 1.41 bits per heavy atom. The zero-order chi connectivity index (χ0) is 18.6. The van der Waals surface area contributed by atoms with Crippen LogP contribution in [0.5, 0.6) is 0 Å². The molecule has 2 aliphatic heterocycles. The Kier molecular flexibility index (Phi) is 3.57. The number of aliphatic imine (C=N–C) groups is 1. The monoisotopic (exact) mass is 364 g/mol. The van der Waals surface area contributed by atoms with E-state index in [0.29, 0.717) is 29.6 Å². The Bertz CT molecular complexity index is 1040. The minimum absolute atomic E-state index is 0.00878. The summed E-state index contributed by atoms with van der Waals surface area (Å²) in [6.07, 6.45) is 6.58. The van der Waals surface area contributed by atoms with E-state index in [4.69, 9.17) is 15.2 Å². The molecule has 7 nitrogen and oxygen atoms in total. The number of pyridine rings is 1. The van der Waals surface area contributed by atoms with Gasteiger partial charge in [0.25, 0.3) is 5.82 Å². The average Bonchev–Trinajstić information content (AvgIpc) is 3.02. The lowest BCUT2D eigenvalue weighted by Crippen LogP contribution is -2.40. The van der Waals surface area contributed by atoms with Gasteiger partial charge in [0.15, 0.2) is 17.5 Å². The van der Waals surface area contributed by atoms with Crippen LogP contribution in [0.1, 0.15) is 13.3 Å². The average molecular weight is 364 g/mol. The number of aromatic nitrogens is 2. The Labute approximate surface area is 156 Å². The number of carbonyl (C=O) groups excluding carboxylic acids is 1. The van der Waals surface area contributed by atoms with E-state index in [9.17, 15) is 4.79 Å². The molecule has 0 bridgehead atoms. The van der Waals surface area contributed by atoms with E-state index in [1.54, 1.807) is 13.0 Å². The van der Waals surface area contributed by atoms with Gasteiger partial charge in [-0.3, -0.25) is 9.28 Å². The first kappa shape index (κ1) is 16.4. The van der Waals surface area contributed by atoms with E-state index < -0.39 is 0 Å². The smallest absolute Gasteiger partial charge is 0.274 e. The second kappa shape index (κ2) is 5.87. The van der Waals surface area contributed by atoms with E-state index in [-0.39, 0.29) is 12.4 Å². The molecule has 0 aromatic carbocycles. The number of rotatable bonds is 5. The predicted octanol–water partition coefficient (Wildman–Crippen LogP) is 1.49. The minimum atomic E-state index is -0.0369. The number of allylic oxidation sites excluding steroid dienone is 3. The number of quaternary nitrogens is 1. The maximum atomic E-state index is 12.1. The van der Waals surface area contributed by atoms with Gasteiger partial charge in [0.05, 0.1) is 36.5 Å². The number of carbonyl (C=O) groups is 1. The maximum Gasteiger partial charge on any atom is 0.274 e. The summed E-state index contributed by atoms with van der Waals surface area (Å²) in [4.78, 5) is 17.1. The highest BCUT2D eigenvalue weighted by Gasteiger charge is 2.67. The molecule has 0 spiro atoms. The lowest BCUT2D eigenvalue weighted by Gasteiger charge is -2.24. The third kappa shape index (κ3) is 2.46. The van der Waals surface area contributed by atoms with E-state index in [2.05, 4.69) is 5.32 Å². The van der Waals surface area contributed by atoms with Crippen molar-refractivity contribution in [2.24, 2.45) is 4.99 Å². The fourth-order valence-electron chi connectivity index (χ4n) is 4.10. The summed E-state index contributed by atoms with van der Waals surface area (Å²) in [5.74, 6) is 0.986. The SMILES string of the molecule is CC1=CC(=Nc2c([N+]34CCC3C4)nn3ccccc23)C(NCCO)=CC1=O. The first-order chi connectivity index (χ1) is 13.1. The van der Waals surface area contributed by atoms with Crippen molar-refractivity contribution in [3.8, 4) is 0 Å². The van der Waals surface area contributed by atoms with Gasteiger partial charge in [0, 0.05) is 18.8 Å². The number of hydrogen-bond donors (Lipinski definition) is 2. The second-order valence-corrected chi connectivity index (χ2v) is 7.48. The second-order valence-electron chi connectivity index (χ2n) is 7.48. The van der Waals surface area contributed by atoms with E-state index in [1.165, 1.54) is 6.42 Å². The first-order valence-corrected chi connectivity index (χ1v) is 9.35. The Morgan fingerprint density at radius 3 is 3.00 bits per heavy atom. The number of aliphatic hydroxyl groups excluding tert-OH is 1. The van der Waals surface area contributed by atoms with Crippen molar-refractivity contribution in [3.63, 3.8) is 0 Å². The van der Waals surface area contributed by atoms with Crippen LogP contribution in [0, 0.1) is 0 Å². The van der Waals surface area contributed by atoms with Crippen molar-refractivity contribution in [3.05, 3.63) is 47.8 Å². The molecule has 1 aliphatic carbocycles. The van der Waals surface area contributed by atoms with Crippen LogP contribution in [-0.4, -0.2) is 58.5 Å². The minimum Gasteiger partial charge on any atom is -0.395 e. The third-order valence-corrected chi connectivity index (χ3v) is 5.83. The summed E-state index contributed by atoms with van der Waals surface area (Å²) >= 11 is 0. The van der Waals surface area contributed by atoms with Crippen LogP contribution in [0.4, 0.5) is 11.5 Å². The van der Waals surface area contributed by atoms with Crippen molar-refractivity contribution in [1.29, 1.82) is 0 Å². The topological polar surface area (TPSA) is 79.0 Å². The Balaban J connectivity index is 1.65. The Morgan fingerprint density at radius 2 is 2.30 bits per heavy atom. The van der Waals surface area contributed by atoms with Crippen LogP contribution in [0.2, 0.25) is 0 Å². The molecule has 2 atom stereocenters. The predicted molar refractivity (Wildman–Crippen MR) is 104 cm³/mol. The quantitative estimate of drug-likeness (QED) is 0.479. The number of nitrogens with zero attached hydrogens (tertiary/aromatic N) is 4. The highest BCUT2D eigenvalue weighted by Crippen LogP contribution is 2.52. The van der Waals surface area contributed by atoms with Crippen LogP contribution in [0.25, 0.3) is 5.52 Å². The molecular weight excluding hydrogens is 342 g/mol. The molecule has 0 radical (unpaired) electrons. The van der Waals surface area contributed by atoms with Crippen LogP contribution < -0.4 is 9.80 Å². The van der Waals surface area contributed by atoms with E-state index in [1.807, 2.05) is 35.0 Å². The number of ketones is 1. The van der Waals surface area contributed by atoms with Gasteiger partial charge in [-0.25, -0.2) is 9.51 Å². The molecule has 4 heterocycles. The summed E-state index contributed by atoms with van der Waals surface area (Å²) in [6, 6.07) is 6.67. The number of aliphatic hydroxyl groups is 1. The molecule has 3 aliphatic rings. The molecule has 2 saturated heterocycles.